The number of carbonyl (C=O) groups excluding carboxylic acids is 7. The van der Waals surface area contributed by atoms with Gasteiger partial charge in [-0.1, -0.05) is 77.1 Å². The number of pyridine rings is 1. The first-order chi connectivity index (χ1) is 62.9. The topological polar surface area (TPSA) is 387 Å². The Bertz CT molecular complexity index is 4320. The van der Waals surface area contributed by atoms with Gasteiger partial charge in [0.15, 0.2) is 15.6 Å². The summed E-state index contributed by atoms with van der Waals surface area (Å²) < 4.78 is 136. The van der Waals surface area contributed by atoms with Crippen LogP contribution in [0.15, 0.2) is 101 Å². The second kappa shape index (κ2) is 56.6. The highest BCUT2D eigenvalue weighted by Crippen LogP contribution is 2.40. The minimum absolute atomic E-state index is 0.00528. The van der Waals surface area contributed by atoms with E-state index < -0.39 is 122 Å². The zero-order valence-corrected chi connectivity index (χ0v) is 79.7. The molecule has 1 aromatic heterocycles. The molecule has 2 aromatic carbocycles. The van der Waals surface area contributed by atoms with E-state index in [1.807, 2.05) is 95.3 Å². The number of benzene rings is 2. The molecule has 5 aliphatic rings. The van der Waals surface area contributed by atoms with Crippen LogP contribution in [0.3, 0.4) is 0 Å². The number of esters is 2. The number of methoxy groups -OCH3 is 4. The Hall–Kier alpha value is -7.68. The minimum atomic E-state index is -4.13. The van der Waals surface area contributed by atoms with Gasteiger partial charge in [-0.3, -0.25) is 28.8 Å². The van der Waals surface area contributed by atoms with E-state index in [4.69, 9.17) is 81.5 Å². The number of rotatable bonds is 43. The predicted octanol–water partition coefficient (Wildman–Crippen LogP) is 11.4. The Morgan fingerprint density at radius 3 is 1.93 bits per heavy atom. The van der Waals surface area contributed by atoms with E-state index in [1.54, 1.807) is 52.3 Å². The Kier molecular flexibility index (Phi) is 47.0. The van der Waals surface area contributed by atoms with Crippen molar-refractivity contribution in [3.8, 4) is 16.9 Å². The molecule has 8 rings (SSSR count). The number of aliphatic hydroxyl groups is 2. The molecule has 3 aromatic rings. The summed E-state index contributed by atoms with van der Waals surface area (Å²) in [5, 5.41) is 24.0. The molecular formula is C98H145FN4O27S. The molecule has 33 heteroatoms. The van der Waals surface area contributed by atoms with Crippen molar-refractivity contribution in [3.63, 3.8) is 0 Å². The first kappa shape index (κ1) is 109. The number of Topliss-reactive ketones (excluding diaryl/α,β-unsaturated/α-hetero) is 3. The molecule has 2 saturated heterocycles. The van der Waals surface area contributed by atoms with Crippen LogP contribution >= 0.6 is 0 Å². The fraction of sp³-hybridized carbons (Fsp3) is 0.673. The number of hydrogen-bond acceptors (Lipinski definition) is 29. The van der Waals surface area contributed by atoms with E-state index >= 15 is 4.39 Å². The number of amides is 2. The highest BCUT2D eigenvalue weighted by atomic mass is 32.2. The molecular weight excluding hydrogens is 1720 g/mol. The van der Waals surface area contributed by atoms with Gasteiger partial charge in [0, 0.05) is 121 Å². The number of anilines is 1. The summed E-state index contributed by atoms with van der Waals surface area (Å²) in [5.74, 6) is -8.82. The minimum Gasteiger partial charge on any atom is -0.491 e. The Balaban J connectivity index is 0.651. The SMILES string of the molecule is CO[C@H]1C[C@@H]2CC[C@@H](C)[C@@](O)(O2)C(=O)C(=O)N2CCCC[C@H]2C(=O)O[C@H]([C@H](C)C[C@@H]2CC[C@@H](OC(=O)CCCOCCOCCOCCOCCOCCOCCOCCOCCC(=O)CCCS(=O)(=O)c3ccc(C(=O)N4CCOc5ccc(-c6ccc(N)nc6)cc5C4)c(C)c3F)[C@H](OC)C2)C[C@@H](OC)[C@H](C)/C=C(\C)[C@@H](O)[C@@H](OC)C(=O)[C@H](C)C[C@H](C)/C=C/C=C/C=C/1C. The summed E-state index contributed by atoms with van der Waals surface area (Å²) in [5.41, 5.74) is 9.50. The van der Waals surface area contributed by atoms with Crippen LogP contribution in [0.4, 0.5) is 10.2 Å². The maximum atomic E-state index is 15.8. The van der Waals surface area contributed by atoms with Crippen molar-refractivity contribution in [2.75, 3.05) is 165 Å². The van der Waals surface area contributed by atoms with Gasteiger partial charge in [0.1, 0.15) is 65.1 Å². The smallest absolute Gasteiger partial charge is 0.329 e. The van der Waals surface area contributed by atoms with E-state index in [2.05, 4.69) is 4.98 Å². The number of carbonyl (C=O) groups is 7. The lowest BCUT2D eigenvalue weighted by molar-refractivity contribution is -0.265. The van der Waals surface area contributed by atoms with Crippen molar-refractivity contribution in [2.45, 2.75) is 237 Å². The van der Waals surface area contributed by atoms with Crippen LogP contribution in [-0.4, -0.2) is 295 Å². The van der Waals surface area contributed by atoms with Gasteiger partial charge in [0.25, 0.3) is 17.6 Å². The fourth-order valence-corrected chi connectivity index (χ4v) is 18.8. The van der Waals surface area contributed by atoms with Gasteiger partial charge < -0.3 is 102 Å². The van der Waals surface area contributed by atoms with Gasteiger partial charge in [-0.15, -0.1) is 0 Å². The molecule has 31 nitrogen and oxygen atoms in total. The third-order valence-electron chi connectivity index (χ3n) is 25.2. The van der Waals surface area contributed by atoms with Crippen LogP contribution in [0.5, 0.6) is 5.75 Å². The van der Waals surface area contributed by atoms with E-state index in [1.165, 1.54) is 25.0 Å². The first-order valence-corrected chi connectivity index (χ1v) is 48.2. The molecule has 732 valence electrons. The molecule has 1 aliphatic carbocycles. The normalized spacial score (nSPS) is 27.1. The van der Waals surface area contributed by atoms with Gasteiger partial charge in [0.2, 0.25) is 5.79 Å². The molecule has 4 aliphatic heterocycles. The molecule has 4 N–H and O–H groups in total. The highest BCUT2D eigenvalue weighted by Gasteiger charge is 2.53. The van der Waals surface area contributed by atoms with Crippen LogP contribution in [0, 0.1) is 48.2 Å². The monoisotopic (exact) mass is 1860 g/mol. The second-order valence-corrected chi connectivity index (χ2v) is 37.2. The van der Waals surface area contributed by atoms with Gasteiger partial charge in [-0.25, -0.2) is 22.6 Å². The number of sulfone groups is 1. The van der Waals surface area contributed by atoms with E-state index in [-0.39, 0.29) is 137 Å². The number of fused-ring (bicyclic) bond motifs is 4. The maximum absolute atomic E-state index is 15.8. The quantitative estimate of drug-likeness (QED) is 0.0205. The molecule has 0 unspecified atom stereocenters. The standard InChI is InChI=1S/C98H145FN4O27S/c1-65-20-14-13-15-21-66(2)83(115-9)61-78-29-25-71(7)98(112,130-78)94(108)96(110)103-36-17-16-23-80(103)97(111)129-85(62-84(116-10)67(3)57-70(6)92(107)93(118-12)91(106)69(5)56-65)68(4)58-73-26-31-82(86(59-73)117-11)128-89(105)24-18-38-119-41-43-121-45-47-123-49-51-125-53-54-126-52-50-124-48-46-122-44-42-120-39-35-77(104)22-19-55-131(113,114)87-33-30-79(72(8)90(87)99)95(109)102-37-40-127-81-32-27-74(60-76(81)64-102)75-28-34-88(100)101-63-75/h13-15,20-21,27-28,30,32-34,57,60,63,65,67-69,71,73,78,80,82-86,92-93,107,112H,16-19,22-26,29,31,35-56,58-59,61-62,64H2,1-12H3,(H2,100,101)/b15-13+,20-14+,66-21+,70-57+/t65-,67-,68-,69-,71-,73+,78+,80+,82-,83+,84-,85+,86-,92-,93+,98-/m1/s1. The average molecular weight is 1860 g/mol. The summed E-state index contributed by atoms with van der Waals surface area (Å²) in [4.78, 5) is 104. The number of nitrogen functional groups attached to an aromatic ring is 1. The van der Waals surface area contributed by atoms with E-state index in [9.17, 15) is 52.2 Å². The van der Waals surface area contributed by atoms with E-state index in [0.717, 1.165) is 28.3 Å². The largest absolute Gasteiger partial charge is 0.491 e. The molecule has 5 heterocycles. The van der Waals surface area contributed by atoms with Crippen molar-refractivity contribution in [1.82, 2.24) is 14.8 Å². The summed E-state index contributed by atoms with van der Waals surface area (Å²) in [7, 11) is 2.02. The van der Waals surface area contributed by atoms with Crippen molar-refractivity contribution in [3.05, 3.63) is 119 Å². The molecule has 2 amide bonds. The lowest BCUT2D eigenvalue weighted by Gasteiger charge is -2.43. The molecule has 1 saturated carbocycles. The third-order valence-corrected chi connectivity index (χ3v) is 27.0. The van der Waals surface area contributed by atoms with Crippen LogP contribution < -0.4 is 10.5 Å². The molecule has 3 fully saturated rings. The number of hydrogen-bond donors (Lipinski definition) is 3. The fourth-order valence-electron chi connectivity index (χ4n) is 17.4. The van der Waals surface area contributed by atoms with E-state index in [0.29, 0.717) is 174 Å². The average Bonchev–Trinajstić information content (AvgIpc) is 1.13. The molecule has 0 radical (unpaired) electrons. The van der Waals surface area contributed by atoms with Gasteiger partial charge in [-0.05, 0) is 174 Å². The Labute approximate surface area is 773 Å². The molecule has 131 heavy (non-hydrogen) atoms. The number of cyclic esters (lactones) is 1. The third kappa shape index (κ3) is 34.3. The summed E-state index contributed by atoms with van der Waals surface area (Å²) >= 11 is 0. The number of aliphatic hydroxyl groups excluding tert-OH is 1. The Morgan fingerprint density at radius 2 is 1.31 bits per heavy atom. The van der Waals surface area contributed by atoms with Gasteiger partial charge in [-0.2, -0.15) is 0 Å². The Morgan fingerprint density at radius 1 is 0.664 bits per heavy atom. The number of aromatic nitrogens is 1. The highest BCUT2D eigenvalue weighted by molar-refractivity contribution is 7.91. The number of piperidine rings is 1. The lowest BCUT2D eigenvalue weighted by atomic mass is 9.78. The van der Waals surface area contributed by atoms with Crippen molar-refractivity contribution < 1.29 is 132 Å². The first-order valence-electron chi connectivity index (χ1n) is 46.5. The van der Waals surface area contributed by atoms with Gasteiger partial charge in [0.05, 0.1) is 136 Å². The van der Waals surface area contributed by atoms with Crippen molar-refractivity contribution >= 4 is 56.8 Å². The zero-order valence-electron chi connectivity index (χ0n) is 78.9. The van der Waals surface area contributed by atoms with Crippen molar-refractivity contribution in [2.24, 2.45) is 35.5 Å². The number of ketones is 3. The molecule has 16 atom stereocenters. The van der Waals surface area contributed by atoms with Crippen LogP contribution in [-0.2, 0) is 116 Å². The number of ether oxygens (including phenoxy) is 16. The number of allylic oxidation sites excluding steroid dienone is 5. The summed E-state index contributed by atoms with van der Waals surface area (Å²) in [6, 6.07) is 10.5. The van der Waals surface area contributed by atoms with Crippen LogP contribution in [0.1, 0.15) is 179 Å². The predicted molar refractivity (Wildman–Crippen MR) is 487 cm³/mol. The number of halogens is 1. The maximum Gasteiger partial charge on any atom is 0.329 e. The van der Waals surface area contributed by atoms with Crippen LogP contribution in [0.2, 0.25) is 0 Å². The zero-order chi connectivity index (χ0) is 95.0. The summed E-state index contributed by atoms with van der Waals surface area (Å²) in [6.07, 6.45) is 13.5. The van der Waals surface area contributed by atoms with Gasteiger partial charge >= 0.3 is 11.9 Å². The summed E-state index contributed by atoms with van der Waals surface area (Å²) in [6.45, 7) is 20.5. The van der Waals surface area contributed by atoms with Crippen LogP contribution in [0.25, 0.3) is 11.1 Å². The molecule has 2 bridgehead atoms. The number of nitrogens with two attached hydrogens (primary N) is 1. The lowest BCUT2D eigenvalue weighted by Crippen LogP contribution is -2.61. The number of nitrogens with zero attached hydrogens (tertiary/aromatic N) is 3. The van der Waals surface area contributed by atoms with Crippen molar-refractivity contribution in [1.29, 1.82) is 0 Å². The molecule has 0 spiro atoms. The second-order valence-electron chi connectivity index (χ2n) is 35.1.